The minimum absolute atomic E-state index is 0.0278. The normalized spacial score (nSPS) is 22.1. The third kappa shape index (κ3) is 2.06. The van der Waals surface area contributed by atoms with Crippen LogP contribution >= 0.6 is 0 Å². The molecule has 0 radical (unpaired) electrons. The van der Waals surface area contributed by atoms with Gasteiger partial charge in [-0.3, -0.25) is 0 Å². The highest BCUT2D eigenvalue weighted by atomic mass is 16.2. The first-order valence-electron chi connectivity index (χ1n) is 5.39. The first-order chi connectivity index (χ1) is 6.94. The molecule has 4 nitrogen and oxygen atoms in total. The average molecular weight is 209 g/mol. The van der Waals surface area contributed by atoms with Gasteiger partial charge in [0.1, 0.15) is 5.54 Å². The minimum Gasteiger partial charge on any atom is -0.323 e. The predicted molar refractivity (Wildman–Crippen MR) is 58.3 cm³/mol. The number of likely N-dealkylation sites (N-methyl/N-ethyl adjacent to an activating group) is 1. The van der Waals surface area contributed by atoms with Gasteiger partial charge in [-0.05, 0) is 20.3 Å². The number of urea groups is 1. The van der Waals surface area contributed by atoms with Crippen molar-refractivity contribution in [2.24, 2.45) is 0 Å². The van der Waals surface area contributed by atoms with Gasteiger partial charge in [-0.2, -0.15) is 5.26 Å². The number of carbonyl (C=O) groups is 1. The molecule has 0 aromatic carbocycles. The maximum atomic E-state index is 11.9. The van der Waals surface area contributed by atoms with Crippen LogP contribution in [0.3, 0.4) is 0 Å². The van der Waals surface area contributed by atoms with Gasteiger partial charge >= 0.3 is 6.03 Å². The Morgan fingerprint density at radius 1 is 1.60 bits per heavy atom. The fourth-order valence-corrected chi connectivity index (χ4v) is 1.90. The third-order valence-corrected chi connectivity index (χ3v) is 3.04. The molecule has 1 heterocycles. The summed E-state index contributed by atoms with van der Waals surface area (Å²) in [5, 5.41) is 9.01. The first-order valence-corrected chi connectivity index (χ1v) is 5.39. The van der Waals surface area contributed by atoms with Crippen molar-refractivity contribution in [3.05, 3.63) is 0 Å². The van der Waals surface area contributed by atoms with E-state index < -0.39 is 5.54 Å². The van der Waals surface area contributed by atoms with Gasteiger partial charge in [-0.15, -0.1) is 0 Å². The molecule has 1 aliphatic heterocycles. The maximum Gasteiger partial charge on any atom is 0.321 e. The summed E-state index contributed by atoms with van der Waals surface area (Å²) in [7, 11) is 1.82. The largest absolute Gasteiger partial charge is 0.323 e. The Hall–Kier alpha value is -1.24. The Morgan fingerprint density at radius 2 is 2.20 bits per heavy atom. The Morgan fingerprint density at radius 3 is 2.67 bits per heavy atom. The van der Waals surface area contributed by atoms with Gasteiger partial charge in [0.25, 0.3) is 0 Å². The molecule has 0 bridgehead atoms. The zero-order valence-electron chi connectivity index (χ0n) is 9.95. The summed E-state index contributed by atoms with van der Waals surface area (Å²) >= 11 is 0. The fourth-order valence-electron chi connectivity index (χ4n) is 1.90. The molecule has 1 unspecified atom stereocenters. The molecule has 0 aromatic heterocycles. The minimum atomic E-state index is -0.701. The van der Waals surface area contributed by atoms with Crippen LogP contribution in [0.2, 0.25) is 0 Å². The van der Waals surface area contributed by atoms with E-state index in [2.05, 4.69) is 13.0 Å². The summed E-state index contributed by atoms with van der Waals surface area (Å²) in [5.74, 6) is 0. The van der Waals surface area contributed by atoms with Crippen molar-refractivity contribution in [3.63, 3.8) is 0 Å². The molecule has 0 aliphatic carbocycles. The summed E-state index contributed by atoms with van der Waals surface area (Å²) in [6, 6.07) is 2.41. The first kappa shape index (κ1) is 11.8. The van der Waals surface area contributed by atoms with E-state index in [9.17, 15) is 4.79 Å². The van der Waals surface area contributed by atoms with Gasteiger partial charge in [-0.1, -0.05) is 13.3 Å². The molecule has 84 valence electrons. The fraction of sp³-hybridized carbons (Fsp3) is 0.818. The number of amides is 2. The number of nitriles is 1. The van der Waals surface area contributed by atoms with E-state index in [0.29, 0.717) is 6.54 Å². The van der Waals surface area contributed by atoms with E-state index in [1.165, 1.54) is 0 Å². The molecule has 1 saturated heterocycles. The zero-order chi connectivity index (χ0) is 11.6. The summed E-state index contributed by atoms with van der Waals surface area (Å²) in [6.07, 6.45) is 2.06. The second kappa shape index (κ2) is 4.09. The number of rotatable bonds is 3. The summed E-state index contributed by atoms with van der Waals surface area (Å²) in [4.78, 5) is 15.3. The highest BCUT2D eigenvalue weighted by Gasteiger charge is 2.41. The van der Waals surface area contributed by atoms with Gasteiger partial charge in [0.05, 0.1) is 12.1 Å². The van der Waals surface area contributed by atoms with Crippen LogP contribution in [0, 0.1) is 11.3 Å². The lowest BCUT2D eigenvalue weighted by atomic mass is 10.1. The molecule has 0 N–H and O–H groups in total. The summed E-state index contributed by atoms with van der Waals surface area (Å²) in [6.45, 7) is 6.35. The van der Waals surface area contributed by atoms with Crippen molar-refractivity contribution < 1.29 is 4.79 Å². The van der Waals surface area contributed by atoms with E-state index in [-0.39, 0.29) is 12.1 Å². The molecule has 1 fully saturated rings. The molecule has 1 aliphatic rings. The molecular weight excluding hydrogens is 190 g/mol. The van der Waals surface area contributed by atoms with Crippen LogP contribution < -0.4 is 0 Å². The van der Waals surface area contributed by atoms with Gasteiger partial charge < -0.3 is 9.80 Å². The van der Waals surface area contributed by atoms with Crippen molar-refractivity contribution >= 4 is 6.03 Å². The molecule has 0 aromatic rings. The molecule has 1 atom stereocenters. The monoisotopic (exact) mass is 209 g/mol. The van der Waals surface area contributed by atoms with Crippen molar-refractivity contribution in [2.75, 3.05) is 13.6 Å². The Balaban J connectivity index is 2.81. The number of nitrogens with zero attached hydrogens (tertiary/aromatic N) is 3. The Bertz CT molecular complexity index is 293. The van der Waals surface area contributed by atoms with Crippen molar-refractivity contribution in [1.29, 1.82) is 5.26 Å². The standard InChI is InChI=1S/C11H19N3O/c1-5-6-9-7-14(10(15)13(9)4)11(2,3)8-12/h9H,5-7H2,1-4H3. The van der Waals surface area contributed by atoms with Crippen molar-refractivity contribution in [2.45, 2.75) is 45.2 Å². The topological polar surface area (TPSA) is 47.3 Å². The van der Waals surface area contributed by atoms with Crippen LogP contribution in [0.5, 0.6) is 0 Å². The predicted octanol–water partition coefficient (Wildman–Crippen LogP) is 1.82. The van der Waals surface area contributed by atoms with Crippen LogP contribution in [0.25, 0.3) is 0 Å². The van der Waals surface area contributed by atoms with E-state index in [4.69, 9.17) is 5.26 Å². The van der Waals surface area contributed by atoms with Gasteiger partial charge in [0.15, 0.2) is 0 Å². The van der Waals surface area contributed by atoms with Crippen LogP contribution in [0.15, 0.2) is 0 Å². The highest BCUT2D eigenvalue weighted by molar-refractivity contribution is 5.78. The van der Waals surface area contributed by atoms with Crippen LogP contribution in [0.1, 0.15) is 33.6 Å². The van der Waals surface area contributed by atoms with E-state index in [1.54, 1.807) is 23.6 Å². The van der Waals surface area contributed by atoms with Crippen molar-refractivity contribution in [3.8, 4) is 6.07 Å². The Kier molecular flexibility index (Phi) is 3.23. The van der Waals surface area contributed by atoms with Gasteiger partial charge in [0.2, 0.25) is 0 Å². The molecule has 2 amide bonds. The molecule has 4 heteroatoms. The average Bonchev–Trinajstić information content (AvgIpc) is 2.47. The lowest BCUT2D eigenvalue weighted by molar-refractivity contribution is 0.172. The zero-order valence-corrected chi connectivity index (χ0v) is 9.95. The molecule has 0 saturated carbocycles. The van der Waals surface area contributed by atoms with Gasteiger partial charge in [0, 0.05) is 13.6 Å². The van der Waals surface area contributed by atoms with E-state index in [1.807, 2.05) is 7.05 Å². The van der Waals surface area contributed by atoms with E-state index >= 15 is 0 Å². The third-order valence-electron chi connectivity index (χ3n) is 3.04. The van der Waals surface area contributed by atoms with Gasteiger partial charge in [-0.25, -0.2) is 4.79 Å². The second-order valence-electron chi connectivity index (χ2n) is 4.62. The maximum absolute atomic E-state index is 11.9. The summed E-state index contributed by atoms with van der Waals surface area (Å²) < 4.78 is 0. The number of hydrogen-bond acceptors (Lipinski definition) is 2. The van der Waals surface area contributed by atoms with Crippen LogP contribution in [0.4, 0.5) is 4.79 Å². The van der Waals surface area contributed by atoms with Crippen LogP contribution in [-0.4, -0.2) is 41.0 Å². The van der Waals surface area contributed by atoms with E-state index in [0.717, 1.165) is 12.8 Å². The SMILES string of the molecule is CCCC1CN(C(C)(C)C#N)C(=O)N1C. The molecule has 1 rings (SSSR count). The number of hydrogen-bond donors (Lipinski definition) is 0. The van der Waals surface area contributed by atoms with Crippen molar-refractivity contribution in [1.82, 2.24) is 9.80 Å². The lowest BCUT2D eigenvalue weighted by Gasteiger charge is -2.27. The summed E-state index contributed by atoms with van der Waals surface area (Å²) in [5.41, 5.74) is -0.701. The lowest BCUT2D eigenvalue weighted by Crippen LogP contribution is -2.44. The molecule has 0 spiro atoms. The highest BCUT2D eigenvalue weighted by Crippen LogP contribution is 2.25. The quantitative estimate of drug-likeness (QED) is 0.712. The Labute approximate surface area is 91.5 Å². The second-order valence-corrected chi connectivity index (χ2v) is 4.62. The smallest absolute Gasteiger partial charge is 0.321 e. The molecule has 15 heavy (non-hydrogen) atoms. The van der Waals surface area contributed by atoms with Crippen LogP contribution in [-0.2, 0) is 0 Å². The molecular formula is C11H19N3O. The number of carbonyl (C=O) groups excluding carboxylic acids is 1.